The molecule has 92 valence electrons. The van der Waals surface area contributed by atoms with Crippen molar-refractivity contribution in [2.24, 2.45) is 4.99 Å². The summed E-state index contributed by atoms with van der Waals surface area (Å²) in [5.74, 6) is 0. The molecule has 0 saturated heterocycles. The average Bonchev–Trinajstić information content (AvgIpc) is 2.81. The number of benzene rings is 1. The van der Waals surface area contributed by atoms with Gasteiger partial charge in [-0.3, -0.25) is 0 Å². The number of isocyanates is 1. The van der Waals surface area contributed by atoms with Crippen LogP contribution in [0.15, 0.2) is 41.9 Å². The standard InChI is InChI=1S/C11H6F3N3O/c12-11(13,14)8-1-2-10(9(5-8)16-7-18)17-4-3-15-6-17/h1-6H. The number of hydrogen-bond donors (Lipinski definition) is 0. The molecule has 0 radical (unpaired) electrons. The summed E-state index contributed by atoms with van der Waals surface area (Å²) < 4.78 is 39.0. The van der Waals surface area contributed by atoms with Gasteiger partial charge in [0, 0.05) is 12.4 Å². The summed E-state index contributed by atoms with van der Waals surface area (Å²) in [6.45, 7) is 0. The van der Waals surface area contributed by atoms with Crippen molar-refractivity contribution in [3.8, 4) is 5.69 Å². The molecule has 0 N–H and O–H groups in total. The third kappa shape index (κ3) is 2.31. The van der Waals surface area contributed by atoms with E-state index in [1.807, 2.05) is 0 Å². The molecule has 2 aromatic rings. The number of aromatic nitrogens is 2. The van der Waals surface area contributed by atoms with Gasteiger partial charge in [-0.25, -0.2) is 9.78 Å². The van der Waals surface area contributed by atoms with Crippen LogP contribution in [-0.4, -0.2) is 15.6 Å². The van der Waals surface area contributed by atoms with Crippen LogP contribution in [0.25, 0.3) is 5.69 Å². The van der Waals surface area contributed by atoms with Crippen LogP contribution in [0.5, 0.6) is 0 Å². The van der Waals surface area contributed by atoms with Crippen LogP contribution in [0.3, 0.4) is 0 Å². The van der Waals surface area contributed by atoms with Crippen LogP contribution in [-0.2, 0) is 11.0 Å². The molecule has 1 aromatic carbocycles. The smallest absolute Gasteiger partial charge is 0.304 e. The van der Waals surface area contributed by atoms with Crippen molar-refractivity contribution < 1.29 is 18.0 Å². The number of alkyl halides is 3. The second-order valence-electron chi connectivity index (χ2n) is 3.37. The lowest BCUT2D eigenvalue weighted by molar-refractivity contribution is -0.137. The van der Waals surface area contributed by atoms with Crippen molar-refractivity contribution in [3.05, 3.63) is 42.5 Å². The molecule has 0 aliphatic rings. The predicted molar refractivity (Wildman–Crippen MR) is 56.3 cm³/mol. The summed E-state index contributed by atoms with van der Waals surface area (Å²) in [4.78, 5) is 17.3. The molecular formula is C11H6F3N3O. The molecule has 0 atom stereocenters. The van der Waals surface area contributed by atoms with Crippen molar-refractivity contribution >= 4 is 11.8 Å². The number of hydrogen-bond acceptors (Lipinski definition) is 3. The molecule has 0 bridgehead atoms. The lowest BCUT2D eigenvalue weighted by Crippen LogP contribution is -2.05. The van der Waals surface area contributed by atoms with Gasteiger partial charge < -0.3 is 4.57 Å². The molecule has 0 amide bonds. The second kappa shape index (κ2) is 4.46. The Labute approximate surface area is 99.4 Å². The fourth-order valence-electron chi connectivity index (χ4n) is 1.46. The average molecular weight is 253 g/mol. The zero-order chi connectivity index (χ0) is 13.2. The van der Waals surface area contributed by atoms with Gasteiger partial charge in [0.25, 0.3) is 0 Å². The van der Waals surface area contributed by atoms with Gasteiger partial charge in [0.1, 0.15) is 5.69 Å². The van der Waals surface area contributed by atoms with E-state index in [2.05, 4.69) is 9.98 Å². The van der Waals surface area contributed by atoms with Crippen LogP contribution in [0.2, 0.25) is 0 Å². The zero-order valence-corrected chi connectivity index (χ0v) is 8.85. The minimum Gasteiger partial charge on any atom is -0.304 e. The van der Waals surface area contributed by atoms with Crippen LogP contribution in [0.4, 0.5) is 18.9 Å². The van der Waals surface area contributed by atoms with Gasteiger partial charge >= 0.3 is 6.18 Å². The maximum absolute atomic E-state index is 12.5. The number of rotatable bonds is 2. The largest absolute Gasteiger partial charge is 0.416 e. The number of halogens is 3. The van der Waals surface area contributed by atoms with Gasteiger partial charge in [0.15, 0.2) is 0 Å². The van der Waals surface area contributed by atoms with Crippen LogP contribution >= 0.6 is 0 Å². The monoisotopic (exact) mass is 253 g/mol. The Bertz CT molecular complexity index is 598. The number of nitrogens with zero attached hydrogens (tertiary/aromatic N) is 3. The van der Waals surface area contributed by atoms with Crippen molar-refractivity contribution in [2.45, 2.75) is 6.18 Å². The van der Waals surface area contributed by atoms with Crippen molar-refractivity contribution in [2.75, 3.05) is 0 Å². The molecule has 1 heterocycles. The minimum absolute atomic E-state index is 0.113. The van der Waals surface area contributed by atoms with E-state index in [1.54, 1.807) is 0 Å². The Morgan fingerprint density at radius 2 is 2.11 bits per heavy atom. The van der Waals surface area contributed by atoms with Gasteiger partial charge in [-0.1, -0.05) is 0 Å². The normalized spacial score (nSPS) is 11.1. The topological polar surface area (TPSA) is 47.2 Å². The van der Waals surface area contributed by atoms with E-state index in [0.717, 1.165) is 12.1 Å². The van der Waals surface area contributed by atoms with E-state index in [0.29, 0.717) is 5.69 Å². The molecule has 0 unspecified atom stereocenters. The van der Waals surface area contributed by atoms with E-state index < -0.39 is 11.7 Å². The fourth-order valence-corrected chi connectivity index (χ4v) is 1.46. The molecule has 18 heavy (non-hydrogen) atoms. The van der Waals surface area contributed by atoms with Gasteiger partial charge in [0.2, 0.25) is 6.08 Å². The fraction of sp³-hybridized carbons (Fsp3) is 0.0909. The van der Waals surface area contributed by atoms with Gasteiger partial charge in [-0.15, -0.1) is 0 Å². The predicted octanol–water partition coefficient (Wildman–Crippen LogP) is 2.86. The number of carbonyl (C=O) groups excluding carboxylic acids is 1. The van der Waals surface area contributed by atoms with E-state index in [1.165, 1.54) is 35.4 Å². The third-order valence-electron chi connectivity index (χ3n) is 2.25. The van der Waals surface area contributed by atoms with Crippen molar-refractivity contribution in [3.63, 3.8) is 0 Å². The van der Waals surface area contributed by atoms with E-state index in [4.69, 9.17) is 0 Å². The molecule has 0 spiro atoms. The summed E-state index contributed by atoms with van der Waals surface area (Å²) in [5.41, 5.74) is -0.665. The molecule has 0 aliphatic heterocycles. The first-order chi connectivity index (χ1) is 8.52. The van der Waals surface area contributed by atoms with E-state index in [9.17, 15) is 18.0 Å². The molecular weight excluding hydrogens is 247 g/mol. The van der Waals surface area contributed by atoms with Crippen LogP contribution < -0.4 is 0 Å². The molecule has 0 fully saturated rings. The highest BCUT2D eigenvalue weighted by atomic mass is 19.4. The highest BCUT2D eigenvalue weighted by molar-refractivity contribution is 5.63. The van der Waals surface area contributed by atoms with Gasteiger partial charge in [-0.05, 0) is 18.2 Å². The van der Waals surface area contributed by atoms with E-state index in [-0.39, 0.29) is 5.69 Å². The maximum atomic E-state index is 12.5. The minimum atomic E-state index is -4.49. The summed E-state index contributed by atoms with van der Waals surface area (Å²) >= 11 is 0. The number of imidazole rings is 1. The lowest BCUT2D eigenvalue weighted by Gasteiger charge is -2.10. The summed E-state index contributed by atoms with van der Waals surface area (Å²) in [6, 6.07) is 2.93. The highest BCUT2D eigenvalue weighted by Crippen LogP contribution is 2.34. The van der Waals surface area contributed by atoms with Gasteiger partial charge in [-0.2, -0.15) is 18.2 Å². The van der Waals surface area contributed by atoms with Crippen molar-refractivity contribution in [1.29, 1.82) is 0 Å². The zero-order valence-electron chi connectivity index (χ0n) is 8.85. The summed E-state index contributed by atoms with van der Waals surface area (Å²) in [6.07, 6.45) is 1.15. The first-order valence-electron chi connectivity index (χ1n) is 4.80. The molecule has 7 heteroatoms. The second-order valence-corrected chi connectivity index (χ2v) is 3.37. The summed E-state index contributed by atoms with van der Waals surface area (Å²) in [5, 5.41) is 0. The van der Waals surface area contributed by atoms with E-state index >= 15 is 0 Å². The van der Waals surface area contributed by atoms with Crippen LogP contribution in [0, 0.1) is 0 Å². The Morgan fingerprint density at radius 1 is 1.33 bits per heavy atom. The molecule has 4 nitrogen and oxygen atoms in total. The molecule has 0 saturated carbocycles. The Morgan fingerprint density at radius 3 is 2.67 bits per heavy atom. The lowest BCUT2D eigenvalue weighted by atomic mass is 10.1. The first-order valence-corrected chi connectivity index (χ1v) is 4.80. The highest BCUT2D eigenvalue weighted by Gasteiger charge is 2.31. The Balaban J connectivity index is 2.59. The third-order valence-corrected chi connectivity index (χ3v) is 2.25. The van der Waals surface area contributed by atoms with Crippen molar-refractivity contribution in [1.82, 2.24) is 9.55 Å². The number of aliphatic imine (C=N–C) groups is 1. The summed E-state index contributed by atoms with van der Waals surface area (Å²) in [7, 11) is 0. The quantitative estimate of drug-likeness (QED) is 0.610. The Hall–Kier alpha value is -2.40. The van der Waals surface area contributed by atoms with Gasteiger partial charge in [0.05, 0.1) is 17.6 Å². The SMILES string of the molecule is O=C=Nc1cc(C(F)(F)F)ccc1-n1ccnc1. The maximum Gasteiger partial charge on any atom is 0.416 e. The Kier molecular flexibility index (Phi) is 2.99. The van der Waals surface area contributed by atoms with Crippen LogP contribution in [0.1, 0.15) is 5.56 Å². The molecule has 2 rings (SSSR count). The molecule has 1 aromatic heterocycles. The molecule has 0 aliphatic carbocycles. The first kappa shape index (κ1) is 12.1.